The molecule has 8 atom stereocenters. The highest BCUT2D eigenvalue weighted by atomic mass is 16.3. The Labute approximate surface area is 150 Å². The van der Waals surface area contributed by atoms with E-state index in [1.165, 1.54) is 5.57 Å². The standard InChI is InChI=1S/C21H32O4/c1-12(22)17-11-18(24)21(25)16-5-4-13-10-14(23)6-8-19(13,2)15(16)7-9-20(17,21)3/h4,12,14-17,22-23,25H,5-11H2,1-3H3/t12-,14-,15-,16+,17+,19-,20+,21+/m0/s1. The SMILES string of the molecule is C[C@H](O)[C@H]1CC(=O)[C@]2(O)[C@@H]3CC=C4C[C@@H](O)CC[C@]4(C)[C@H]3CC[C@]12C. The molecule has 4 nitrogen and oxygen atoms in total. The number of Topliss-reactive ketones (excluding diaryl/α,β-unsaturated/α-hetero) is 1. The van der Waals surface area contributed by atoms with E-state index in [9.17, 15) is 20.1 Å². The molecule has 4 heteroatoms. The van der Waals surface area contributed by atoms with Gasteiger partial charge in [-0.05, 0) is 56.8 Å². The Morgan fingerprint density at radius 3 is 2.56 bits per heavy atom. The van der Waals surface area contributed by atoms with Crippen molar-refractivity contribution in [2.45, 2.75) is 83.5 Å². The fourth-order valence-electron chi connectivity index (χ4n) is 7.16. The Morgan fingerprint density at radius 2 is 1.88 bits per heavy atom. The summed E-state index contributed by atoms with van der Waals surface area (Å²) in [6.07, 6.45) is 6.64. The molecular weight excluding hydrogens is 316 g/mol. The minimum absolute atomic E-state index is 0.0115. The number of ketones is 1. The second kappa shape index (κ2) is 5.40. The van der Waals surface area contributed by atoms with E-state index in [-0.39, 0.29) is 35.1 Å². The van der Waals surface area contributed by atoms with Gasteiger partial charge in [0.1, 0.15) is 5.60 Å². The molecule has 0 saturated heterocycles. The molecule has 4 aliphatic rings. The van der Waals surface area contributed by atoms with Crippen LogP contribution in [0.25, 0.3) is 0 Å². The van der Waals surface area contributed by atoms with Crippen molar-refractivity contribution in [3.8, 4) is 0 Å². The zero-order valence-electron chi connectivity index (χ0n) is 15.7. The molecule has 0 amide bonds. The molecule has 4 aliphatic carbocycles. The normalized spacial score (nSPS) is 53.5. The average Bonchev–Trinajstić information content (AvgIpc) is 2.76. The van der Waals surface area contributed by atoms with Gasteiger partial charge in [-0.25, -0.2) is 0 Å². The van der Waals surface area contributed by atoms with E-state index >= 15 is 0 Å². The van der Waals surface area contributed by atoms with Crippen molar-refractivity contribution in [3.63, 3.8) is 0 Å². The molecule has 0 aromatic carbocycles. The zero-order valence-corrected chi connectivity index (χ0v) is 15.7. The third kappa shape index (κ3) is 2.08. The molecule has 140 valence electrons. The molecule has 0 aliphatic heterocycles. The Bertz CT molecular complexity index is 625. The quantitative estimate of drug-likeness (QED) is 0.637. The Balaban J connectivity index is 1.76. The number of aliphatic hydroxyl groups is 3. The van der Waals surface area contributed by atoms with Crippen molar-refractivity contribution < 1.29 is 20.1 Å². The largest absolute Gasteiger partial charge is 0.393 e. The van der Waals surface area contributed by atoms with Crippen LogP contribution < -0.4 is 0 Å². The maximum Gasteiger partial charge on any atom is 0.165 e. The summed E-state index contributed by atoms with van der Waals surface area (Å²) < 4.78 is 0. The van der Waals surface area contributed by atoms with Crippen LogP contribution in [0.4, 0.5) is 0 Å². The summed E-state index contributed by atoms with van der Waals surface area (Å²) in [5.41, 5.74) is -0.534. The molecule has 3 N–H and O–H groups in total. The van der Waals surface area contributed by atoms with Crippen molar-refractivity contribution in [2.75, 3.05) is 0 Å². The van der Waals surface area contributed by atoms with Gasteiger partial charge in [0.2, 0.25) is 0 Å². The topological polar surface area (TPSA) is 77.8 Å². The van der Waals surface area contributed by atoms with E-state index in [0.717, 1.165) is 32.1 Å². The highest BCUT2D eigenvalue weighted by Gasteiger charge is 2.70. The maximum atomic E-state index is 13.0. The number of rotatable bonds is 1. The van der Waals surface area contributed by atoms with Gasteiger partial charge in [-0.3, -0.25) is 4.79 Å². The van der Waals surface area contributed by atoms with Crippen molar-refractivity contribution in [2.24, 2.45) is 28.6 Å². The van der Waals surface area contributed by atoms with Gasteiger partial charge >= 0.3 is 0 Å². The predicted octanol–water partition coefficient (Wildman–Crippen LogP) is 2.60. The van der Waals surface area contributed by atoms with Gasteiger partial charge in [0.25, 0.3) is 0 Å². The van der Waals surface area contributed by atoms with E-state index in [4.69, 9.17) is 0 Å². The first-order valence-corrected chi connectivity index (χ1v) is 9.96. The molecule has 0 radical (unpaired) electrons. The average molecular weight is 348 g/mol. The Kier molecular flexibility index (Phi) is 3.82. The van der Waals surface area contributed by atoms with Crippen molar-refractivity contribution >= 4 is 5.78 Å². The van der Waals surface area contributed by atoms with Crippen molar-refractivity contribution in [1.29, 1.82) is 0 Å². The lowest BCUT2D eigenvalue weighted by Gasteiger charge is -2.60. The van der Waals surface area contributed by atoms with Crippen LogP contribution in [0.2, 0.25) is 0 Å². The molecule has 4 rings (SSSR count). The number of allylic oxidation sites excluding steroid dienone is 1. The summed E-state index contributed by atoms with van der Waals surface area (Å²) in [5.74, 6) is 0.00507. The molecule has 0 unspecified atom stereocenters. The van der Waals surface area contributed by atoms with Crippen molar-refractivity contribution in [3.05, 3.63) is 11.6 Å². The lowest BCUT2D eigenvalue weighted by molar-refractivity contribution is -0.190. The minimum Gasteiger partial charge on any atom is -0.393 e. The van der Waals surface area contributed by atoms with Gasteiger partial charge in [-0.15, -0.1) is 0 Å². The maximum absolute atomic E-state index is 13.0. The van der Waals surface area contributed by atoms with Crippen LogP contribution in [0.1, 0.15) is 65.7 Å². The first-order chi connectivity index (χ1) is 11.6. The van der Waals surface area contributed by atoms with Crippen LogP contribution >= 0.6 is 0 Å². The molecule has 0 aromatic heterocycles. The number of hydrogen-bond acceptors (Lipinski definition) is 4. The van der Waals surface area contributed by atoms with Crippen LogP contribution in [-0.4, -0.2) is 38.9 Å². The number of carbonyl (C=O) groups is 1. The van der Waals surface area contributed by atoms with E-state index in [1.54, 1.807) is 6.92 Å². The van der Waals surface area contributed by atoms with Gasteiger partial charge in [0.05, 0.1) is 12.2 Å². The minimum atomic E-state index is -1.32. The first kappa shape index (κ1) is 17.7. The number of hydrogen-bond donors (Lipinski definition) is 3. The third-order valence-corrected chi connectivity index (χ3v) is 8.72. The monoisotopic (exact) mass is 348 g/mol. The molecule has 0 aromatic rings. The summed E-state index contributed by atoms with van der Waals surface area (Å²) in [5, 5.41) is 32.1. The highest BCUT2D eigenvalue weighted by Crippen LogP contribution is 2.67. The van der Waals surface area contributed by atoms with Gasteiger partial charge < -0.3 is 15.3 Å². The molecular formula is C21H32O4. The number of carbonyl (C=O) groups excluding carboxylic acids is 1. The third-order valence-electron chi connectivity index (χ3n) is 8.72. The second-order valence-electron chi connectivity index (χ2n) is 9.69. The molecule has 0 heterocycles. The smallest absolute Gasteiger partial charge is 0.165 e. The number of fused-ring (bicyclic) bond motifs is 5. The van der Waals surface area contributed by atoms with Gasteiger partial charge in [0.15, 0.2) is 5.78 Å². The lowest BCUT2D eigenvalue weighted by atomic mass is 9.45. The van der Waals surface area contributed by atoms with Gasteiger partial charge in [-0.1, -0.05) is 25.5 Å². The van der Waals surface area contributed by atoms with E-state index in [1.807, 2.05) is 6.92 Å². The summed E-state index contributed by atoms with van der Waals surface area (Å²) in [6.45, 7) is 6.06. The van der Waals surface area contributed by atoms with E-state index in [0.29, 0.717) is 12.8 Å². The Morgan fingerprint density at radius 1 is 1.16 bits per heavy atom. The molecule has 0 spiro atoms. The lowest BCUT2D eigenvalue weighted by Crippen LogP contribution is -2.63. The first-order valence-electron chi connectivity index (χ1n) is 9.96. The molecule has 3 fully saturated rings. The summed E-state index contributed by atoms with van der Waals surface area (Å²) in [4.78, 5) is 13.0. The van der Waals surface area contributed by atoms with Crippen molar-refractivity contribution in [1.82, 2.24) is 0 Å². The fourth-order valence-corrected chi connectivity index (χ4v) is 7.16. The molecule has 25 heavy (non-hydrogen) atoms. The molecule has 3 saturated carbocycles. The van der Waals surface area contributed by atoms with Crippen LogP contribution in [0, 0.1) is 28.6 Å². The van der Waals surface area contributed by atoms with E-state index in [2.05, 4.69) is 13.0 Å². The van der Waals surface area contributed by atoms with Crippen LogP contribution in [0.15, 0.2) is 11.6 Å². The molecule has 0 bridgehead atoms. The van der Waals surface area contributed by atoms with Crippen LogP contribution in [-0.2, 0) is 4.79 Å². The van der Waals surface area contributed by atoms with Crippen LogP contribution in [0.5, 0.6) is 0 Å². The predicted molar refractivity (Wildman–Crippen MR) is 94.7 cm³/mol. The fraction of sp³-hybridized carbons (Fsp3) is 0.857. The summed E-state index contributed by atoms with van der Waals surface area (Å²) >= 11 is 0. The summed E-state index contributed by atoms with van der Waals surface area (Å²) in [7, 11) is 0. The van der Waals surface area contributed by atoms with E-state index < -0.39 is 17.1 Å². The summed E-state index contributed by atoms with van der Waals surface area (Å²) in [6, 6.07) is 0. The zero-order chi connectivity index (χ0) is 18.2. The number of aliphatic hydroxyl groups excluding tert-OH is 2. The van der Waals surface area contributed by atoms with Crippen LogP contribution in [0.3, 0.4) is 0 Å². The second-order valence-corrected chi connectivity index (χ2v) is 9.69. The Hall–Kier alpha value is -0.710. The highest BCUT2D eigenvalue weighted by molar-refractivity contribution is 5.92. The van der Waals surface area contributed by atoms with Gasteiger partial charge in [0, 0.05) is 23.7 Å². The van der Waals surface area contributed by atoms with Gasteiger partial charge in [-0.2, -0.15) is 0 Å².